The Morgan fingerprint density at radius 1 is 0.404 bits per heavy atom. The van der Waals surface area contributed by atoms with Crippen molar-refractivity contribution in [1.29, 1.82) is 0 Å². The summed E-state index contributed by atoms with van der Waals surface area (Å²) in [7, 11) is 7.36. The Bertz CT molecular complexity index is 3750. The third-order valence-corrected chi connectivity index (χ3v) is 20.2. The van der Waals surface area contributed by atoms with Crippen LogP contribution in [-0.2, 0) is 46.5 Å². The summed E-state index contributed by atoms with van der Waals surface area (Å²) in [6.07, 6.45) is 17.1. The quantitative estimate of drug-likeness (QED) is 0.00389. The van der Waals surface area contributed by atoms with E-state index in [2.05, 4.69) is 92.2 Å². The molecule has 12 rings (SSSR count). The summed E-state index contributed by atoms with van der Waals surface area (Å²) in [5, 5.41) is -0.331. The van der Waals surface area contributed by atoms with Crippen molar-refractivity contribution in [1.82, 2.24) is 0 Å². The number of benzene rings is 8. The van der Waals surface area contributed by atoms with Gasteiger partial charge in [-0.2, -0.15) is 23.6 Å². The van der Waals surface area contributed by atoms with E-state index < -0.39 is 9.23 Å². The van der Waals surface area contributed by atoms with Gasteiger partial charge in [-0.05, 0) is 189 Å². The van der Waals surface area contributed by atoms with E-state index in [0.29, 0.717) is 47.4 Å². The smallest absolute Gasteiger partial charge is 0.216 e. The third-order valence-electron chi connectivity index (χ3n) is 16.2. The number of rotatable bonds is 28. The largest absolute Gasteiger partial charge is 0.454 e. The van der Waals surface area contributed by atoms with Crippen LogP contribution in [0.2, 0.25) is 0 Å². The fraction of sp³-hybridized carbons (Fsp3) is 0.291. The molecule has 22 nitrogen and oxygen atoms in total. The van der Waals surface area contributed by atoms with E-state index in [1.165, 1.54) is 0 Å². The Hall–Kier alpha value is -5.78. The molecule has 0 amide bonds. The second kappa shape index (κ2) is 57.4. The first-order valence-corrected chi connectivity index (χ1v) is 43.1. The predicted molar refractivity (Wildman–Crippen MR) is 490 cm³/mol. The second-order valence-corrected chi connectivity index (χ2v) is 32.4. The Kier molecular flexibility index (Phi) is 50.6. The van der Waals surface area contributed by atoms with Crippen molar-refractivity contribution in [2.24, 2.45) is 23.6 Å². The zero-order valence-electron chi connectivity index (χ0n) is 61.9. The van der Waals surface area contributed by atoms with Crippen LogP contribution in [0.4, 0.5) is 22.7 Å². The molecule has 114 heavy (non-hydrogen) atoms. The number of thiol groups is 2. The Labute approximate surface area is 730 Å². The number of thiocarbonyl (C=S) groups is 3. The van der Waals surface area contributed by atoms with Crippen molar-refractivity contribution < 1.29 is 65.2 Å². The lowest BCUT2D eigenvalue weighted by molar-refractivity contribution is -0.195. The van der Waals surface area contributed by atoms with Crippen LogP contribution in [0, 0.1) is 0 Å². The lowest BCUT2D eigenvalue weighted by Gasteiger charge is -2.24. The van der Waals surface area contributed by atoms with Crippen LogP contribution < -0.4 is 62.1 Å². The van der Waals surface area contributed by atoms with Gasteiger partial charge in [0.2, 0.25) is 14.3 Å². The lowest BCUT2D eigenvalue weighted by Crippen LogP contribution is -2.19. The number of para-hydroxylation sites is 4. The number of anilines is 4. The minimum absolute atomic E-state index is 0. The number of carbonyl (C=O) groups excluding carboxylic acids is 1. The van der Waals surface area contributed by atoms with Gasteiger partial charge in [-0.3, -0.25) is 4.79 Å². The van der Waals surface area contributed by atoms with Crippen LogP contribution in [-0.4, -0.2) is 75.1 Å². The number of allylic oxidation sites excluding steroid dienone is 4. The lowest BCUT2D eigenvalue weighted by atomic mass is 10.1. The van der Waals surface area contributed by atoms with E-state index in [1.807, 2.05) is 205 Å². The summed E-state index contributed by atoms with van der Waals surface area (Å²) in [6, 6.07) is 53.3. The van der Waals surface area contributed by atoms with Crippen molar-refractivity contribution in [2.75, 3.05) is 72.0 Å². The van der Waals surface area contributed by atoms with E-state index in [1.54, 1.807) is 18.2 Å². The standard InChI is InChI=1S/C18H20N2O3S2.C17H17ClN2O3S2.C17H18N2O4S2.C17H18N2O3S3.2C4H8.2CH4.Cl2OS/c1-13(24)14-11-16(20-9-5-6-10-20)18(17(12-14)25-23-22-19)21-15-7-3-2-4-8-15;18-17(24)12-10-14(20-8-4-5-9-20)16(15(11-12)25-23-22-19)21-13-6-2-1-3-7-13;18-22-23-25-15-11-12(17(20)24)10-14(19-8-4-5-9-19)16(15)21-13-6-2-1-3-7-13;18-21-22-25-15-11-12(17(23)24)10-14(19-8-4-5-9-19)16(15)20-13-6-2-1-3-7-13;2*1-3-4-2;;;1-4(2)3/h2-4,7-8,11-12H,5-6,9-10,19H2,1H3;1-3,6-7,10-11H,4-5,8-9,19H2;1-3,6-7,10-11H,4-5,8-9,18H2,(H,20,24);1-3,6-7,10-11H,4-5,8-9,18H2,(H,23,24);2*3-4H,1-2H3;2*1H4;. The molecule has 0 radical (unpaired) electrons. The molecule has 0 aromatic heterocycles. The molecule has 0 saturated carbocycles. The fourth-order valence-corrected chi connectivity index (χ4v) is 13.8. The molecule has 0 spiro atoms. The van der Waals surface area contributed by atoms with Crippen molar-refractivity contribution in [3.05, 3.63) is 216 Å². The molecule has 8 N–H and O–H groups in total. The highest BCUT2D eigenvalue weighted by Gasteiger charge is 2.28. The Morgan fingerprint density at radius 2 is 0.623 bits per heavy atom. The number of halogens is 3. The molecule has 0 unspecified atom stereocenters. The molecular formula is C79H97Cl3N8O14S10. The summed E-state index contributed by atoms with van der Waals surface area (Å²) in [6.45, 7) is 17.5. The van der Waals surface area contributed by atoms with Gasteiger partial charge in [0.25, 0.3) is 0 Å². The Morgan fingerprint density at radius 3 is 0.842 bits per heavy atom. The summed E-state index contributed by atoms with van der Waals surface area (Å²) in [5.41, 5.74) is 6.67. The van der Waals surface area contributed by atoms with Crippen molar-refractivity contribution in [3.8, 4) is 46.0 Å². The van der Waals surface area contributed by atoms with E-state index in [-0.39, 0.29) is 24.3 Å². The minimum atomic E-state index is -1.67. The first kappa shape index (κ1) is 101. The maximum Gasteiger partial charge on any atom is 0.216 e. The number of hydrogen-bond acceptors (Lipinski definition) is 29. The van der Waals surface area contributed by atoms with Crippen LogP contribution >= 0.6 is 143 Å². The zero-order chi connectivity index (χ0) is 81.0. The number of carbonyl (C=O) groups is 1. The summed E-state index contributed by atoms with van der Waals surface area (Å²) >= 11 is 33.9. The van der Waals surface area contributed by atoms with Gasteiger partial charge in [-0.1, -0.05) is 160 Å². The maximum absolute atomic E-state index is 11.8. The first-order chi connectivity index (χ1) is 54.3. The summed E-state index contributed by atoms with van der Waals surface area (Å²) < 4.78 is 54.0. The predicted octanol–water partition coefficient (Wildman–Crippen LogP) is 23.4. The van der Waals surface area contributed by atoms with Gasteiger partial charge in [0.05, 0.1) is 94.7 Å². The molecule has 4 aliphatic heterocycles. The maximum atomic E-state index is 11.8. The Balaban J connectivity index is 0.000000303. The molecule has 4 aliphatic rings. The zero-order valence-corrected chi connectivity index (χ0v) is 72.5. The second-order valence-electron chi connectivity index (χ2n) is 23.7. The summed E-state index contributed by atoms with van der Waals surface area (Å²) in [5.74, 6) is 25.5. The molecule has 0 aliphatic carbocycles. The van der Waals surface area contributed by atoms with Crippen LogP contribution in [0.25, 0.3) is 0 Å². The van der Waals surface area contributed by atoms with E-state index in [4.69, 9.17) is 112 Å². The third kappa shape index (κ3) is 34.7. The van der Waals surface area contributed by atoms with Crippen LogP contribution in [0.15, 0.2) is 214 Å². The highest BCUT2D eigenvalue weighted by atomic mass is 36.0. The van der Waals surface area contributed by atoms with E-state index >= 15 is 0 Å². The van der Waals surface area contributed by atoms with Gasteiger partial charge in [0.1, 0.15) is 27.3 Å². The number of nitrogens with two attached hydrogens (primary N) is 4. The van der Waals surface area contributed by atoms with Crippen LogP contribution in [0.3, 0.4) is 0 Å². The van der Waals surface area contributed by atoms with Gasteiger partial charge in [0.15, 0.2) is 23.0 Å². The average molecular weight is 1810 g/mol. The SMILES string of the molecule is C.C.CC(=S)c1cc(SOON)c(Oc2ccccc2)c(N2CCCC2)c1.CC=CC.CC=CC.NOOSc1cc(C(=O)S)cc(N2CCCC2)c1Oc1ccccc1.NOOSc1cc(C(=S)Cl)cc(N2CCCC2)c1Oc1ccccc1.NOOSc1cc(C(=S)S)cc(N2CCCC2)c1Oc1ccccc1.O=S(Cl)Cl. The highest BCUT2D eigenvalue weighted by molar-refractivity contribution is 8.26. The van der Waals surface area contributed by atoms with E-state index in [0.717, 1.165) is 224 Å². The molecule has 618 valence electrons. The monoisotopic (exact) mass is 1810 g/mol. The topological polar surface area (TPSA) is 262 Å². The molecule has 4 fully saturated rings. The van der Waals surface area contributed by atoms with E-state index in [9.17, 15) is 4.79 Å². The molecular weight excluding hydrogens is 1710 g/mol. The first-order valence-electron chi connectivity index (χ1n) is 34.8. The molecule has 0 atom stereocenters. The van der Waals surface area contributed by atoms with Crippen molar-refractivity contribution in [3.63, 3.8) is 0 Å². The van der Waals surface area contributed by atoms with Gasteiger partial charge < -0.3 is 38.5 Å². The van der Waals surface area contributed by atoms with Gasteiger partial charge in [0, 0.05) is 95.3 Å². The van der Waals surface area contributed by atoms with Gasteiger partial charge >= 0.3 is 0 Å². The van der Waals surface area contributed by atoms with Gasteiger partial charge in [-0.25, -0.2) is 4.21 Å². The van der Waals surface area contributed by atoms with Gasteiger partial charge in [-0.15, -0.1) is 62.5 Å². The fourth-order valence-electron chi connectivity index (χ4n) is 11.0. The molecule has 0 bridgehead atoms. The normalized spacial score (nSPS) is 13.2. The number of hydrogen-bond donors (Lipinski definition) is 6. The molecule has 8 aromatic carbocycles. The minimum Gasteiger partial charge on any atom is -0.454 e. The highest BCUT2D eigenvalue weighted by Crippen LogP contribution is 2.48. The molecule has 4 saturated heterocycles. The van der Waals surface area contributed by atoms with Crippen molar-refractivity contribution >= 4 is 194 Å². The number of nitrogens with zero attached hydrogens (tertiary/aromatic N) is 4. The summed E-state index contributed by atoms with van der Waals surface area (Å²) in [4.78, 5) is 41.4. The van der Waals surface area contributed by atoms with Crippen molar-refractivity contribution in [2.45, 2.75) is 120 Å². The molecule has 35 heteroatoms. The van der Waals surface area contributed by atoms with Crippen LogP contribution in [0.1, 0.15) is 128 Å². The molecule has 4 heterocycles. The number of ether oxygens (including phenoxy) is 4. The molecule has 8 aromatic rings. The van der Waals surface area contributed by atoms with Crippen LogP contribution in [0.5, 0.6) is 46.0 Å². The average Bonchev–Trinajstić information content (AvgIpc) is 1.33.